The van der Waals surface area contributed by atoms with E-state index in [2.05, 4.69) is 21.4 Å². The lowest BCUT2D eigenvalue weighted by molar-refractivity contribution is -0.142. The molecule has 0 spiro atoms. The highest BCUT2D eigenvalue weighted by Gasteiger charge is 2.23. The van der Waals surface area contributed by atoms with Crippen molar-refractivity contribution in [2.45, 2.75) is 18.9 Å². The van der Waals surface area contributed by atoms with E-state index in [1.165, 1.54) is 7.11 Å². The van der Waals surface area contributed by atoms with E-state index in [9.17, 15) is 9.59 Å². The number of hydrogen-bond donors (Lipinski definition) is 1. The average Bonchev–Trinajstić information content (AvgIpc) is 2.89. The van der Waals surface area contributed by atoms with Gasteiger partial charge in [-0.15, -0.1) is 0 Å². The normalized spacial score (nSPS) is 11.5. The van der Waals surface area contributed by atoms with Gasteiger partial charge in [0.2, 0.25) is 5.95 Å². The van der Waals surface area contributed by atoms with Gasteiger partial charge in [0, 0.05) is 24.6 Å². The first-order valence-corrected chi connectivity index (χ1v) is 11.7. The fourth-order valence-electron chi connectivity index (χ4n) is 3.34. The lowest BCUT2D eigenvalue weighted by Gasteiger charge is -2.21. The molecule has 8 nitrogen and oxygen atoms in total. The van der Waals surface area contributed by atoms with Gasteiger partial charge < -0.3 is 15.0 Å². The van der Waals surface area contributed by atoms with Crippen molar-refractivity contribution >= 4 is 52.8 Å². The molecule has 1 atom stereocenters. The van der Waals surface area contributed by atoms with Crippen molar-refractivity contribution in [3.05, 3.63) is 88.2 Å². The zero-order chi connectivity index (χ0) is 25.9. The number of benzene rings is 2. The van der Waals surface area contributed by atoms with Crippen LogP contribution in [0.2, 0.25) is 10.0 Å². The van der Waals surface area contributed by atoms with Gasteiger partial charge in [0.15, 0.2) is 0 Å². The number of carbonyl (C=O) groups excluding carboxylic acids is 2. The Morgan fingerprint density at radius 3 is 2.39 bits per heavy atom. The monoisotopic (exact) mass is 523 g/mol. The van der Waals surface area contributed by atoms with Crippen molar-refractivity contribution < 1.29 is 14.3 Å². The first kappa shape index (κ1) is 26.7. The van der Waals surface area contributed by atoms with Crippen molar-refractivity contribution in [2.75, 3.05) is 18.6 Å². The van der Waals surface area contributed by atoms with Crippen LogP contribution in [0.3, 0.4) is 0 Å². The number of nitrogens with zero attached hydrogens (tertiary/aromatic N) is 4. The molecule has 10 heteroatoms. The average molecular weight is 524 g/mol. The Balaban J connectivity index is 1.70. The summed E-state index contributed by atoms with van der Waals surface area (Å²) in [6.07, 6.45) is 7.39. The van der Waals surface area contributed by atoms with Gasteiger partial charge in [-0.25, -0.2) is 14.8 Å². The second kappa shape index (κ2) is 13.2. The number of aromatic nitrogens is 2. The summed E-state index contributed by atoms with van der Waals surface area (Å²) >= 11 is 12.2. The van der Waals surface area contributed by atoms with Crippen LogP contribution >= 0.6 is 23.2 Å². The fraction of sp³-hybridized carbons (Fsp3) is 0.192. The third-order valence-electron chi connectivity index (χ3n) is 5.11. The van der Waals surface area contributed by atoms with Crippen LogP contribution in [0.1, 0.15) is 28.8 Å². The number of methoxy groups -OCH3 is 1. The molecule has 0 fully saturated rings. The Morgan fingerprint density at radius 2 is 1.78 bits per heavy atom. The molecule has 1 unspecified atom stereocenters. The van der Waals surface area contributed by atoms with Gasteiger partial charge >= 0.3 is 5.97 Å². The molecule has 1 heterocycles. The van der Waals surface area contributed by atoms with Crippen LogP contribution in [0.25, 0.3) is 6.08 Å². The van der Waals surface area contributed by atoms with E-state index in [4.69, 9.17) is 33.2 Å². The molecule has 3 aromatic rings. The van der Waals surface area contributed by atoms with Crippen LogP contribution in [0.15, 0.2) is 67.0 Å². The predicted octanol–water partition coefficient (Wildman–Crippen LogP) is 5.21. The third-order valence-corrected chi connectivity index (χ3v) is 5.74. The molecule has 0 aliphatic carbocycles. The van der Waals surface area contributed by atoms with E-state index in [1.54, 1.807) is 42.7 Å². The first-order chi connectivity index (χ1) is 17.4. The first-order valence-electron chi connectivity index (χ1n) is 11.0. The summed E-state index contributed by atoms with van der Waals surface area (Å²) in [5, 5.41) is 12.0. The van der Waals surface area contributed by atoms with Crippen LogP contribution < -0.4 is 10.2 Å². The molecule has 0 aliphatic heterocycles. The molecule has 0 saturated carbocycles. The van der Waals surface area contributed by atoms with Gasteiger partial charge in [0.05, 0.1) is 35.2 Å². The zero-order valence-electron chi connectivity index (χ0n) is 19.4. The summed E-state index contributed by atoms with van der Waals surface area (Å²) in [4.78, 5) is 35.4. The number of halogens is 2. The molecule has 1 aromatic heterocycles. The van der Waals surface area contributed by atoms with E-state index in [1.807, 2.05) is 35.2 Å². The number of esters is 1. The fourth-order valence-corrected chi connectivity index (χ4v) is 3.91. The Morgan fingerprint density at radius 1 is 1.11 bits per heavy atom. The summed E-state index contributed by atoms with van der Waals surface area (Å²) in [6.45, 7) is 0.450. The standard InChI is InChI=1S/C26H23Cl2N5O3/c1-36-25(35)22(32-24(34)23-20(27)7-3-8-21(23)28)9-2-6-18-10-12-19(13-11-18)33(17-4-14-29)26-30-15-5-16-31-26/h2-3,5-8,10-13,15-16,22H,4,9,17H2,1H3,(H,32,34)/b6-2+. The van der Waals surface area contributed by atoms with Crippen molar-refractivity contribution in [3.8, 4) is 6.07 Å². The summed E-state index contributed by atoms with van der Waals surface area (Å²) in [6, 6.07) is 15.2. The molecule has 2 aromatic carbocycles. The van der Waals surface area contributed by atoms with E-state index in [0.717, 1.165) is 11.3 Å². The van der Waals surface area contributed by atoms with Crippen molar-refractivity contribution in [1.29, 1.82) is 5.26 Å². The van der Waals surface area contributed by atoms with Gasteiger partial charge in [-0.3, -0.25) is 4.79 Å². The number of anilines is 2. The van der Waals surface area contributed by atoms with Crippen LogP contribution in [-0.4, -0.2) is 41.5 Å². The Labute approximate surface area is 219 Å². The minimum absolute atomic E-state index is 0.0950. The number of hydrogen-bond acceptors (Lipinski definition) is 7. The highest BCUT2D eigenvalue weighted by atomic mass is 35.5. The summed E-state index contributed by atoms with van der Waals surface area (Å²) in [7, 11) is 1.25. The maximum absolute atomic E-state index is 12.7. The number of carbonyl (C=O) groups is 2. The van der Waals surface area contributed by atoms with E-state index < -0.39 is 17.9 Å². The maximum Gasteiger partial charge on any atom is 0.328 e. The maximum atomic E-state index is 12.7. The number of ether oxygens (including phenoxy) is 1. The quantitative estimate of drug-likeness (QED) is 0.363. The number of nitrogens with one attached hydrogen (secondary N) is 1. The predicted molar refractivity (Wildman–Crippen MR) is 139 cm³/mol. The summed E-state index contributed by atoms with van der Waals surface area (Å²) < 4.78 is 4.83. The molecular formula is C26H23Cl2N5O3. The zero-order valence-corrected chi connectivity index (χ0v) is 20.9. The largest absolute Gasteiger partial charge is 0.467 e. The smallest absolute Gasteiger partial charge is 0.328 e. The van der Waals surface area contributed by atoms with Gasteiger partial charge in [-0.05, 0) is 42.3 Å². The van der Waals surface area contributed by atoms with Crippen LogP contribution in [0.4, 0.5) is 11.6 Å². The minimum Gasteiger partial charge on any atom is -0.467 e. The van der Waals surface area contributed by atoms with E-state index in [0.29, 0.717) is 18.9 Å². The van der Waals surface area contributed by atoms with Gasteiger partial charge in [0.25, 0.3) is 5.91 Å². The molecule has 0 aliphatic rings. The van der Waals surface area contributed by atoms with Crippen LogP contribution in [0, 0.1) is 11.3 Å². The number of rotatable bonds is 10. The second-order valence-corrected chi connectivity index (χ2v) is 8.30. The van der Waals surface area contributed by atoms with E-state index in [-0.39, 0.29) is 22.0 Å². The third kappa shape index (κ3) is 7.04. The van der Waals surface area contributed by atoms with Gasteiger partial charge in [-0.2, -0.15) is 5.26 Å². The molecule has 0 bridgehead atoms. The highest BCUT2D eigenvalue weighted by Crippen LogP contribution is 2.25. The SMILES string of the molecule is COC(=O)C(C/C=C/c1ccc(N(CCC#N)c2ncccn2)cc1)NC(=O)c1c(Cl)cccc1Cl. The second-order valence-electron chi connectivity index (χ2n) is 7.48. The Hall–Kier alpha value is -3.93. The lowest BCUT2D eigenvalue weighted by atomic mass is 10.1. The molecule has 1 N–H and O–H groups in total. The molecular weight excluding hydrogens is 501 g/mol. The highest BCUT2D eigenvalue weighted by molar-refractivity contribution is 6.39. The van der Waals surface area contributed by atoms with Crippen LogP contribution in [0.5, 0.6) is 0 Å². The Kier molecular flexibility index (Phi) is 9.81. The lowest BCUT2D eigenvalue weighted by Crippen LogP contribution is -2.41. The van der Waals surface area contributed by atoms with Crippen LogP contribution in [-0.2, 0) is 9.53 Å². The Bertz CT molecular complexity index is 1240. The summed E-state index contributed by atoms with van der Waals surface area (Å²) in [5.74, 6) is -0.659. The topological polar surface area (TPSA) is 108 Å². The molecule has 1 amide bonds. The van der Waals surface area contributed by atoms with Crippen molar-refractivity contribution in [2.24, 2.45) is 0 Å². The summed E-state index contributed by atoms with van der Waals surface area (Å²) in [5.41, 5.74) is 1.81. The number of nitriles is 1. The molecule has 0 saturated heterocycles. The molecule has 3 rings (SSSR count). The van der Waals surface area contributed by atoms with Gasteiger partial charge in [0.1, 0.15) is 6.04 Å². The molecule has 36 heavy (non-hydrogen) atoms. The van der Waals surface area contributed by atoms with Crippen molar-refractivity contribution in [3.63, 3.8) is 0 Å². The molecule has 0 radical (unpaired) electrons. The minimum atomic E-state index is -0.929. The van der Waals surface area contributed by atoms with Crippen molar-refractivity contribution in [1.82, 2.24) is 15.3 Å². The number of amides is 1. The molecule has 184 valence electrons. The van der Waals surface area contributed by atoms with E-state index >= 15 is 0 Å². The van der Waals surface area contributed by atoms with Gasteiger partial charge in [-0.1, -0.05) is 53.6 Å².